The molecule has 18 heavy (non-hydrogen) atoms. The molecule has 2 rings (SSSR count). The smallest absolute Gasteiger partial charge is 0.255 e. The first-order valence-electron chi connectivity index (χ1n) is 5.70. The van der Waals surface area contributed by atoms with E-state index in [1.165, 1.54) is 0 Å². The second kappa shape index (κ2) is 5.36. The molecule has 0 aliphatic heterocycles. The Kier molecular flexibility index (Phi) is 3.82. The first-order valence-corrected chi connectivity index (χ1v) is 6.50. The molecule has 0 saturated carbocycles. The molecule has 92 valence electrons. The van der Waals surface area contributed by atoms with Gasteiger partial charge in [0.25, 0.3) is 5.91 Å². The number of amides is 1. The van der Waals surface area contributed by atoms with E-state index in [2.05, 4.69) is 21.2 Å². The van der Waals surface area contributed by atoms with Crippen LogP contribution in [0.25, 0.3) is 0 Å². The number of halogens is 1. The highest BCUT2D eigenvalue weighted by Crippen LogP contribution is 2.18. The van der Waals surface area contributed by atoms with Gasteiger partial charge in [-0.25, -0.2) is 0 Å². The third kappa shape index (κ3) is 2.99. The summed E-state index contributed by atoms with van der Waals surface area (Å²) >= 11 is 3.38. The van der Waals surface area contributed by atoms with Gasteiger partial charge in [0.05, 0.1) is 0 Å². The van der Waals surface area contributed by atoms with Crippen LogP contribution in [0.1, 0.15) is 21.5 Å². The van der Waals surface area contributed by atoms with Crippen molar-refractivity contribution >= 4 is 27.5 Å². The van der Waals surface area contributed by atoms with Crippen molar-refractivity contribution in [3.63, 3.8) is 0 Å². The first-order chi connectivity index (χ1) is 8.56. The van der Waals surface area contributed by atoms with Crippen LogP contribution in [-0.2, 0) is 0 Å². The van der Waals surface area contributed by atoms with E-state index in [0.717, 1.165) is 26.9 Å². The number of nitrogens with one attached hydrogen (secondary N) is 1. The van der Waals surface area contributed by atoms with Gasteiger partial charge >= 0.3 is 0 Å². The molecule has 2 nitrogen and oxygen atoms in total. The normalized spacial score (nSPS) is 10.2. The quantitative estimate of drug-likeness (QED) is 0.879. The van der Waals surface area contributed by atoms with Gasteiger partial charge in [-0.1, -0.05) is 39.7 Å². The van der Waals surface area contributed by atoms with E-state index >= 15 is 0 Å². The third-order valence-corrected chi connectivity index (χ3v) is 3.21. The summed E-state index contributed by atoms with van der Waals surface area (Å²) in [7, 11) is 0. The summed E-state index contributed by atoms with van der Waals surface area (Å²) in [6.45, 7) is 3.92. The zero-order valence-electron chi connectivity index (χ0n) is 10.3. The van der Waals surface area contributed by atoms with E-state index in [1.54, 1.807) is 0 Å². The van der Waals surface area contributed by atoms with Crippen molar-refractivity contribution in [3.05, 3.63) is 63.6 Å². The van der Waals surface area contributed by atoms with Crippen molar-refractivity contribution in [1.82, 2.24) is 0 Å². The molecule has 0 bridgehead atoms. The SMILES string of the molecule is Cc1ccc(C)c(C(=O)Nc2cccc(Br)c2)c1. The molecule has 0 aromatic heterocycles. The van der Waals surface area contributed by atoms with Gasteiger partial charge in [0, 0.05) is 15.7 Å². The Labute approximate surface area is 115 Å². The van der Waals surface area contributed by atoms with Crippen LogP contribution in [0.3, 0.4) is 0 Å². The highest BCUT2D eigenvalue weighted by atomic mass is 79.9. The molecule has 3 heteroatoms. The van der Waals surface area contributed by atoms with Crippen molar-refractivity contribution in [3.8, 4) is 0 Å². The molecule has 0 unspecified atom stereocenters. The fourth-order valence-corrected chi connectivity index (χ4v) is 2.14. The standard InChI is InChI=1S/C15H14BrNO/c1-10-6-7-11(2)14(8-10)15(18)17-13-5-3-4-12(16)9-13/h3-9H,1-2H3,(H,17,18). The van der Waals surface area contributed by atoms with Crippen molar-refractivity contribution in [2.45, 2.75) is 13.8 Å². The van der Waals surface area contributed by atoms with Crippen LogP contribution in [0, 0.1) is 13.8 Å². The molecule has 0 spiro atoms. The number of hydrogen-bond donors (Lipinski definition) is 1. The molecule has 0 atom stereocenters. The molecule has 0 fully saturated rings. The van der Waals surface area contributed by atoms with E-state index in [1.807, 2.05) is 56.3 Å². The predicted molar refractivity (Wildman–Crippen MR) is 78.0 cm³/mol. The van der Waals surface area contributed by atoms with E-state index in [-0.39, 0.29) is 5.91 Å². The molecule has 0 saturated heterocycles. The summed E-state index contributed by atoms with van der Waals surface area (Å²) < 4.78 is 0.946. The van der Waals surface area contributed by atoms with Gasteiger partial charge in [-0.3, -0.25) is 4.79 Å². The van der Waals surface area contributed by atoms with Crippen LogP contribution in [0.2, 0.25) is 0 Å². The topological polar surface area (TPSA) is 29.1 Å². The first kappa shape index (κ1) is 12.8. The fraction of sp³-hybridized carbons (Fsp3) is 0.133. The van der Waals surface area contributed by atoms with Crippen molar-refractivity contribution in [2.24, 2.45) is 0 Å². The zero-order chi connectivity index (χ0) is 13.1. The Balaban J connectivity index is 2.24. The van der Waals surface area contributed by atoms with Crippen molar-refractivity contribution in [2.75, 3.05) is 5.32 Å². The summed E-state index contributed by atoms with van der Waals surface area (Å²) in [5, 5.41) is 2.90. The Morgan fingerprint density at radius 3 is 2.61 bits per heavy atom. The van der Waals surface area contributed by atoms with Crippen LogP contribution < -0.4 is 5.32 Å². The Morgan fingerprint density at radius 1 is 1.11 bits per heavy atom. The minimum atomic E-state index is -0.0747. The van der Waals surface area contributed by atoms with E-state index in [4.69, 9.17) is 0 Å². The van der Waals surface area contributed by atoms with Crippen molar-refractivity contribution < 1.29 is 4.79 Å². The maximum atomic E-state index is 12.2. The van der Waals surface area contributed by atoms with Crippen molar-refractivity contribution in [1.29, 1.82) is 0 Å². The molecule has 0 aliphatic carbocycles. The Morgan fingerprint density at radius 2 is 1.89 bits per heavy atom. The summed E-state index contributed by atoms with van der Waals surface area (Å²) in [6.07, 6.45) is 0. The van der Waals surface area contributed by atoms with Gasteiger partial charge in [0.2, 0.25) is 0 Å². The Hall–Kier alpha value is -1.61. The maximum Gasteiger partial charge on any atom is 0.255 e. The van der Waals surface area contributed by atoms with Crippen LogP contribution >= 0.6 is 15.9 Å². The summed E-state index contributed by atoms with van der Waals surface area (Å²) in [4.78, 5) is 12.2. The largest absolute Gasteiger partial charge is 0.322 e. The molecule has 1 N–H and O–H groups in total. The van der Waals surface area contributed by atoms with Gasteiger partial charge in [-0.05, 0) is 43.7 Å². The fourth-order valence-electron chi connectivity index (χ4n) is 1.75. The van der Waals surface area contributed by atoms with Crippen LogP contribution in [0.4, 0.5) is 5.69 Å². The number of carbonyl (C=O) groups is 1. The molecular weight excluding hydrogens is 290 g/mol. The monoisotopic (exact) mass is 303 g/mol. The number of aryl methyl sites for hydroxylation is 2. The lowest BCUT2D eigenvalue weighted by molar-refractivity contribution is 0.102. The summed E-state index contributed by atoms with van der Waals surface area (Å²) in [5.41, 5.74) is 3.57. The van der Waals surface area contributed by atoms with Gasteiger partial charge in [0.15, 0.2) is 0 Å². The molecule has 2 aromatic rings. The van der Waals surface area contributed by atoms with Crippen LogP contribution in [0.15, 0.2) is 46.9 Å². The minimum absolute atomic E-state index is 0.0747. The lowest BCUT2D eigenvalue weighted by Gasteiger charge is -2.08. The molecular formula is C15H14BrNO. The summed E-state index contributed by atoms with van der Waals surface area (Å²) in [6, 6.07) is 13.4. The molecule has 0 aliphatic rings. The second-order valence-electron chi connectivity index (χ2n) is 4.28. The van der Waals surface area contributed by atoms with Crippen LogP contribution in [-0.4, -0.2) is 5.91 Å². The van der Waals surface area contributed by atoms with E-state index in [9.17, 15) is 4.79 Å². The molecule has 0 radical (unpaired) electrons. The molecule has 2 aromatic carbocycles. The summed E-state index contributed by atoms with van der Waals surface area (Å²) in [5.74, 6) is -0.0747. The highest BCUT2D eigenvalue weighted by Gasteiger charge is 2.09. The average molecular weight is 304 g/mol. The van der Waals surface area contributed by atoms with Gasteiger partial charge in [-0.2, -0.15) is 0 Å². The second-order valence-corrected chi connectivity index (χ2v) is 5.20. The number of rotatable bonds is 2. The van der Waals surface area contributed by atoms with E-state index < -0.39 is 0 Å². The molecule has 1 amide bonds. The number of anilines is 1. The van der Waals surface area contributed by atoms with Crippen LogP contribution in [0.5, 0.6) is 0 Å². The third-order valence-electron chi connectivity index (χ3n) is 2.72. The molecule has 0 heterocycles. The lowest BCUT2D eigenvalue weighted by Crippen LogP contribution is -2.13. The van der Waals surface area contributed by atoms with Gasteiger partial charge in [0.1, 0.15) is 0 Å². The van der Waals surface area contributed by atoms with Gasteiger partial charge < -0.3 is 5.32 Å². The predicted octanol–water partition coefficient (Wildman–Crippen LogP) is 4.32. The lowest BCUT2D eigenvalue weighted by atomic mass is 10.1. The number of carbonyl (C=O) groups excluding carboxylic acids is 1. The Bertz CT molecular complexity index is 593. The maximum absolute atomic E-state index is 12.2. The number of hydrogen-bond acceptors (Lipinski definition) is 1. The van der Waals surface area contributed by atoms with Gasteiger partial charge in [-0.15, -0.1) is 0 Å². The highest BCUT2D eigenvalue weighted by molar-refractivity contribution is 9.10. The minimum Gasteiger partial charge on any atom is -0.322 e. The average Bonchev–Trinajstić information content (AvgIpc) is 2.32. The zero-order valence-corrected chi connectivity index (χ0v) is 11.9. The number of benzene rings is 2. The van der Waals surface area contributed by atoms with E-state index in [0.29, 0.717) is 0 Å².